The summed E-state index contributed by atoms with van der Waals surface area (Å²) in [5.41, 5.74) is 0.601. The number of rotatable bonds is 3. The third-order valence-corrected chi connectivity index (χ3v) is 2.82. The van der Waals surface area contributed by atoms with E-state index in [2.05, 4.69) is 3.50 Å². The fraction of sp³-hybridized carbons (Fsp3) is 0.100. The molecule has 1 aliphatic rings. The molecule has 0 radical (unpaired) electrons. The van der Waals surface area contributed by atoms with E-state index >= 15 is 0 Å². The number of aliphatic carboxylic acids is 1. The predicted molar refractivity (Wildman–Crippen MR) is 50.0 cm³/mol. The zero-order valence-corrected chi connectivity index (χ0v) is 10.9. The Balaban J connectivity index is 2.56. The number of benzene rings is 1. The van der Waals surface area contributed by atoms with Crippen molar-refractivity contribution in [3.8, 4) is 11.5 Å². The van der Waals surface area contributed by atoms with E-state index in [0.717, 1.165) is 19.6 Å². The van der Waals surface area contributed by atoms with Crippen molar-refractivity contribution in [3.05, 3.63) is 24.3 Å². The van der Waals surface area contributed by atoms with Gasteiger partial charge in [-0.3, -0.25) is 0 Å². The maximum atomic E-state index is 10.8. The first-order valence-electron chi connectivity index (χ1n) is 4.26. The zero-order chi connectivity index (χ0) is 11.7. The van der Waals surface area contributed by atoms with Gasteiger partial charge >= 0.3 is 102 Å². The molecule has 1 heterocycles. The van der Waals surface area contributed by atoms with Crippen molar-refractivity contribution >= 4 is 17.2 Å². The molecule has 82 valence electrons. The van der Waals surface area contributed by atoms with Crippen LogP contribution in [0.1, 0.15) is 5.56 Å². The molecule has 0 saturated heterocycles. The Kier molecular flexibility index (Phi) is 2.88. The normalized spacial score (nSPS) is 12.2. The van der Waals surface area contributed by atoms with Gasteiger partial charge in [-0.25, -0.2) is 0 Å². The molecule has 0 aromatic heterocycles. The van der Waals surface area contributed by atoms with E-state index in [9.17, 15) is 4.79 Å². The molecule has 0 unspecified atom stereocenters. The molecule has 0 aliphatic carbocycles. The SMILES string of the molecule is [CH-]=C(C(=O)O)c1cc2c(cc1[N]=[W])OCO2. The van der Waals surface area contributed by atoms with Gasteiger partial charge in [-0.15, -0.1) is 0 Å². The Labute approximate surface area is 102 Å². The summed E-state index contributed by atoms with van der Waals surface area (Å²) in [5, 5.41) is 8.83. The van der Waals surface area contributed by atoms with Crippen LogP contribution in [-0.4, -0.2) is 17.9 Å². The van der Waals surface area contributed by atoms with Gasteiger partial charge < -0.3 is 0 Å². The number of carbonyl (C=O) groups is 1. The van der Waals surface area contributed by atoms with E-state index in [1.807, 2.05) is 0 Å². The molecule has 1 N–H and O–H groups in total. The molecule has 1 aromatic carbocycles. The summed E-state index contributed by atoms with van der Waals surface area (Å²) in [5.74, 6) is -0.137. The minimum absolute atomic E-state index is 0.127. The van der Waals surface area contributed by atoms with E-state index in [-0.39, 0.29) is 12.4 Å². The van der Waals surface area contributed by atoms with E-state index in [1.54, 1.807) is 6.07 Å². The van der Waals surface area contributed by atoms with Gasteiger partial charge in [-0.2, -0.15) is 0 Å². The quantitative estimate of drug-likeness (QED) is 0.632. The fourth-order valence-corrected chi connectivity index (χ4v) is 1.88. The first kappa shape index (κ1) is 11.0. The van der Waals surface area contributed by atoms with Crippen LogP contribution in [0.2, 0.25) is 0 Å². The van der Waals surface area contributed by atoms with Crippen LogP contribution in [0.25, 0.3) is 5.57 Å². The zero-order valence-electron chi connectivity index (χ0n) is 7.97. The summed E-state index contributed by atoms with van der Waals surface area (Å²) in [6.45, 7) is 5.61. The van der Waals surface area contributed by atoms with Crippen LogP contribution in [0.5, 0.6) is 11.5 Å². The monoisotopic (exact) mass is 388 g/mol. The van der Waals surface area contributed by atoms with Crippen molar-refractivity contribution in [2.24, 2.45) is 3.50 Å². The van der Waals surface area contributed by atoms with E-state index in [1.165, 1.54) is 6.07 Å². The Bertz CT molecular complexity index is 498. The summed E-state index contributed by atoms with van der Waals surface area (Å²) >= 11 is 0.952. The van der Waals surface area contributed by atoms with Gasteiger partial charge in [0.25, 0.3) is 0 Å². The first-order valence-corrected chi connectivity index (χ1v) is 5.57. The number of carboxylic acids is 1. The third kappa shape index (κ3) is 1.78. The summed E-state index contributed by atoms with van der Waals surface area (Å²) in [6.07, 6.45) is 0. The van der Waals surface area contributed by atoms with Crippen LogP contribution >= 0.6 is 0 Å². The molecule has 5 nitrogen and oxygen atoms in total. The second-order valence-electron chi connectivity index (χ2n) is 3.03. The van der Waals surface area contributed by atoms with Crippen LogP contribution in [-0.2, 0) is 24.4 Å². The van der Waals surface area contributed by atoms with Crippen molar-refractivity contribution < 1.29 is 39.0 Å². The van der Waals surface area contributed by atoms with Crippen LogP contribution in [0.3, 0.4) is 0 Å². The molecule has 0 fully saturated rings. The van der Waals surface area contributed by atoms with Gasteiger partial charge in [0.1, 0.15) is 0 Å². The topological polar surface area (TPSA) is 68.1 Å². The summed E-state index contributed by atoms with van der Waals surface area (Å²) < 4.78 is 14.4. The number of nitrogens with zero attached hydrogens (tertiary/aromatic N) is 1. The second-order valence-corrected chi connectivity index (χ2v) is 3.69. The Morgan fingerprint density at radius 2 is 2.06 bits per heavy atom. The summed E-state index contributed by atoms with van der Waals surface area (Å²) in [7, 11) is 0. The number of hydrogen-bond donors (Lipinski definition) is 1. The molecular weight excluding hydrogens is 382 g/mol. The first-order chi connectivity index (χ1) is 7.63. The molecule has 2 rings (SSSR count). The van der Waals surface area contributed by atoms with E-state index < -0.39 is 5.97 Å². The molecule has 0 amide bonds. The standard InChI is InChI=1S/C10H6NO4.W/c1-5(10(12)13)6-2-8-9(3-7(6)11)15-4-14-8;/h1-3H,4H2,(H,12,13);/q-1;. The van der Waals surface area contributed by atoms with Gasteiger partial charge in [-0.1, -0.05) is 0 Å². The molecule has 1 aliphatic heterocycles. The van der Waals surface area contributed by atoms with E-state index in [0.29, 0.717) is 22.7 Å². The number of carboxylic acid groups (broad SMARTS) is 1. The molecule has 6 heteroatoms. The number of hydrogen-bond acceptors (Lipinski definition) is 4. The minimum atomic E-state index is -1.18. The van der Waals surface area contributed by atoms with Crippen LogP contribution < -0.4 is 9.47 Å². The second kappa shape index (κ2) is 4.18. The fourth-order valence-electron chi connectivity index (χ4n) is 1.34. The maximum absolute atomic E-state index is 10.8. The molecule has 1 aromatic rings. The van der Waals surface area contributed by atoms with Crippen molar-refractivity contribution in [1.29, 1.82) is 0 Å². The van der Waals surface area contributed by atoms with Gasteiger partial charge in [-0.05, 0) is 0 Å². The molecule has 16 heavy (non-hydrogen) atoms. The molecule has 0 atom stereocenters. The van der Waals surface area contributed by atoms with Gasteiger partial charge in [0.15, 0.2) is 0 Å². The van der Waals surface area contributed by atoms with Crippen LogP contribution in [0.4, 0.5) is 5.69 Å². The number of fused-ring (bicyclic) bond motifs is 1. The van der Waals surface area contributed by atoms with Gasteiger partial charge in [0, 0.05) is 0 Å². The Morgan fingerprint density at radius 3 is 2.62 bits per heavy atom. The Morgan fingerprint density at radius 1 is 1.44 bits per heavy atom. The average molecular weight is 388 g/mol. The molecule has 0 spiro atoms. The average Bonchev–Trinajstić information content (AvgIpc) is 2.72. The molecular formula is C10H6NO4W-. The number of ether oxygens (including phenoxy) is 2. The van der Waals surface area contributed by atoms with Crippen molar-refractivity contribution in [3.63, 3.8) is 0 Å². The van der Waals surface area contributed by atoms with Crippen LogP contribution in [0, 0.1) is 6.58 Å². The van der Waals surface area contributed by atoms with Crippen molar-refractivity contribution in [2.45, 2.75) is 0 Å². The summed E-state index contributed by atoms with van der Waals surface area (Å²) in [4.78, 5) is 10.8. The van der Waals surface area contributed by atoms with Gasteiger partial charge in [0.2, 0.25) is 0 Å². The predicted octanol–water partition coefficient (Wildman–Crippen LogP) is 1.68. The van der Waals surface area contributed by atoms with Crippen LogP contribution in [0.15, 0.2) is 15.6 Å². The van der Waals surface area contributed by atoms with Gasteiger partial charge in [0.05, 0.1) is 0 Å². The summed E-state index contributed by atoms with van der Waals surface area (Å²) in [6, 6.07) is 3.16. The Hall–Kier alpha value is -1.48. The molecule has 0 bridgehead atoms. The van der Waals surface area contributed by atoms with E-state index in [4.69, 9.17) is 21.2 Å². The van der Waals surface area contributed by atoms with Crippen molar-refractivity contribution in [2.75, 3.05) is 6.79 Å². The third-order valence-electron chi connectivity index (χ3n) is 2.11. The van der Waals surface area contributed by atoms with Crippen molar-refractivity contribution in [1.82, 2.24) is 0 Å². The molecule has 0 saturated carbocycles.